The number of aromatic nitrogens is 4. The van der Waals surface area contributed by atoms with Crippen LogP contribution in [0.3, 0.4) is 0 Å². The number of hydrogen-bond acceptors (Lipinski definition) is 6. The SMILES string of the molecule is Cc1ccccc1-c1nc(CSc2nnc(COc3ccc(Cl)cc3Cl)n2C)cs1. The van der Waals surface area contributed by atoms with Crippen LogP contribution < -0.4 is 4.74 Å². The predicted octanol–water partition coefficient (Wildman–Crippen LogP) is 6.43. The Kier molecular flexibility index (Phi) is 6.63. The zero-order valence-corrected chi connectivity index (χ0v) is 19.4. The van der Waals surface area contributed by atoms with E-state index in [4.69, 9.17) is 32.9 Å². The zero-order chi connectivity index (χ0) is 21.1. The Morgan fingerprint density at radius 1 is 1.13 bits per heavy atom. The minimum absolute atomic E-state index is 0.263. The van der Waals surface area contributed by atoms with Crippen LogP contribution in [0, 0.1) is 6.92 Å². The summed E-state index contributed by atoms with van der Waals surface area (Å²) in [5.74, 6) is 1.99. The third-order valence-corrected chi connectivity index (χ3v) is 6.96. The molecular weight excluding hydrogens is 459 g/mol. The maximum Gasteiger partial charge on any atom is 0.191 e. The summed E-state index contributed by atoms with van der Waals surface area (Å²) in [4.78, 5) is 4.78. The third kappa shape index (κ3) is 4.81. The first-order valence-electron chi connectivity index (χ1n) is 9.10. The second-order valence-corrected chi connectivity index (χ2v) is 9.21. The first-order chi connectivity index (χ1) is 14.5. The van der Waals surface area contributed by atoms with Gasteiger partial charge >= 0.3 is 0 Å². The lowest BCUT2D eigenvalue weighted by molar-refractivity contribution is 0.290. The van der Waals surface area contributed by atoms with E-state index in [-0.39, 0.29) is 6.61 Å². The van der Waals surface area contributed by atoms with Gasteiger partial charge in [-0.25, -0.2) is 4.98 Å². The summed E-state index contributed by atoms with van der Waals surface area (Å²) in [5.41, 5.74) is 3.43. The van der Waals surface area contributed by atoms with E-state index >= 15 is 0 Å². The second kappa shape index (κ2) is 9.39. The van der Waals surface area contributed by atoms with Gasteiger partial charge in [0.2, 0.25) is 0 Å². The van der Waals surface area contributed by atoms with Crippen molar-refractivity contribution in [3.05, 3.63) is 75.0 Å². The van der Waals surface area contributed by atoms with Gasteiger partial charge in [-0.3, -0.25) is 0 Å². The lowest BCUT2D eigenvalue weighted by atomic mass is 10.1. The Labute approximate surface area is 193 Å². The number of ether oxygens (including phenoxy) is 1. The first kappa shape index (κ1) is 21.2. The molecule has 30 heavy (non-hydrogen) atoms. The molecule has 0 saturated heterocycles. The van der Waals surface area contributed by atoms with Crippen molar-refractivity contribution in [3.8, 4) is 16.3 Å². The molecule has 0 N–H and O–H groups in total. The number of halogens is 2. The lowest BCUT2D eigenvalue weighted by Gasteiger charge is -2.08. The molecule has 0 aliphatic carbocycles. The molecule has 0 fully saturated rings. The van der Waals surface area contributed by atoms with Crippen LogP contribution in [0.1, 0.15) is 17.1 Å². The van der Waals surface area contributed by atoms with Gasteiger partial charge in [-0.15, -0.1) is 21.5 Å². The van der Waals surface area contributed by atoms with Crippen LogP contribution in [0.25, 0.3) is 10.6 Å². The van der Waals surface area contributed by atoms with Crippen molar-refractivity contribution in [1.82, 2.24) is 19.7 Å². The summed E-state index contributed by atoms with van der Waals surface area (Å²) in [6.07, 6.45) is 0. The normalized spacial score (nSPS) is 11.1. The summed E-state index contributed by atoms with van der Waals surface area (Å²) < 4.78 is 7.68. The molecule has 9 heteroatoms. The molecule has 0 atom stereocenters. The Morgan fingerprint density at radius 3 is 2.77 bits per heavy atom. The highest BCUT2D eigenvalue weighted by molar-refractivity contribution is 7.98. The Hall–Kier alpha value is -2.06. The maximum absolute atomic E-state index is 6.15. The first-order valence-corrected chi connectivity index (χ1v) is 11.7. The van der Waals surface area contributed by atoms with E-state index in [2.05, 4.69) is 34.6 Å². The molecule has 0 aliphatic rings. The Balaban J connectivity index is 1.38. The van der Waals surface area contributed by atoms with Crippen LogP contribution >= 0.6 is 46.3 Å². The second-order valence-electron chi connectivity index (χ2n) is 6.57. The minimum Gasteiger partial charge on any atom is -0.484 e. The molecule has 154 valence electrons. The molecule has 0 spiro atoms. The van der Waals surface area contributed by atoms with Crippen molar-refractivity contribution in [1.29, 1.82) is 0 Å². The van der Waals surface area contributed by atoms with Gasteiger partial charge in [0.05, 0.1) is 10.7 Å². The largest absolute Gasteiger partial charge is 0.484 e. The molecule has 0 saturated carbocycles. The maximum atomic E-state index is 6.15. The number of nitrogens with zero attached hydrogens (tertiary/aromatic N) is 4. The quantitative estimate of drug-likeness (QED) is 0.287. The number of rotatable bonds is 7. The smallest absolute Gasteiger partial charge is 0.191 e. The van der Waals surface area contributed by atoms with Crippen LogP contribution in [-0.4, -0.2) is 19.7 Å². The van der Waals surface area contributed by atoms with E-state index in [1.54, 1.807) is 41.3 Å². The van der Waals surface area contributed by atoms with Gasteiger partial charge < -0.3 is 9.30 Å². The van der Waals surface area contributed by atoms with E-state index < -0.39 is 0 Å². The third-order valence-electron chi connectivity index (χ3n) is 4.45. The molecule has 2 aromatic carbocycles. The molecule has 0 aliphatic heterocycles. The molecule has 5 nitrogen and oxygen atoms in total. The van der Waals surface area contributed by atoms with Gasteiger partial charge in [0.1, 0.15) is 17.4 Å². The summed E-state index contributed by atoms with van der Waals surface area (Å²) in [6.45, 7) is 2.37. The van der Waals surface area contributed by atoms with Gasteiger partial charge in [0.15, 0.2) is 11.0 Å². The van der Waals surface area contributed by atoms with E-state index in [1.165, 1.54) is 11.1 Å². The van der Waals surface area contributed by atoms with E-state index in [0.29, 0.717) is 21.6 Å². The number of hydrogen-bond donors (Lipinski definition) is 0. The van der Waals surface area contributed by atoms with Gasteiger partial charge in [-0.2, -0.15) is 0 Å². The number of thioether (sulfide) groups is 1. The minimum atomic E-state index is 0.263. The average Bonchev–Trinajstić information content (AvgIpc) is 3.33. The van der Waals surface area contributed by atoms with Crippen molar-refractivity contribution in [2.24, 2.45) is 7.05 Å². The monoisotopic (exact) mass is 476 g/mol. The summed E-state index contributed by atoms with van der Waals surface area (Å²) in [6, 6.07) is 13.4. The highest BCUT2D eigenvalue weighted by atomic mass is 35.5. The number of benzene rings is 2. The van der Waals surface area contributed by atoms with Crippen molar-refractivity contribution < 1.29 is 4.74 Å². The molecule has 4 rings (SSSR count). The topological polar surface area (TPSA) is 52.8 Å². The summed E-state index contributed by atoms with van der Waals surface area (Å²) in [7, 11) is 1.92. The highest BCUT2D eigenvalue weighted by Gasteiger charge is 2.13. The van der Waals surface area contributed by atoms with Crippen molar-refractivity contribution >= 4 is 46.3 Å². The fourth-order valence-electron chi connectivity index (χ4n) is 2.78. The Bertz CT molecular complexity index is 1180. The van der Waals surface area contributed by atoms with Crippen LogP contribution in [0.15, 0.2) is 53.0 Å². The van der Waals surface area contributed by atoms with Gasteiger partial charge in [-0.05, 0) is 30.7 Å². The molecule has 2 aromatic heterocycles. The van der Waals surface area contributed by atoms with Crippen LogP contribution in [0.5, 0.6) is 5.75 Å². The van der Waals surface area contributed by atoms with Crippen LogP contribution in [0.2, 0.25) is 10.0 Å². The Morgan fingerprint density at radius 2 is 1.97 bits per heavy atom. The van der Waals surface area contributed by atoms with Crippen molar-refractivity contribution in [2.45, 2.75) is 24.4 Å². The molecule has 4 aromatic rings. The average molecular weight is 477 g/mol. The molecule has 0 unspecified atom stereocenters. The van der Waals surface area contributed by atoms with Crippen LogP contribution in [-0.2, 0) is 19.4 Å². The number of thiazole rings is 1. The van der Waals surface area contributed by atoms with E-state index in [1.807, 2.05) is 23.7 Å². The molecule has 0 amide bonds. The molecule has 2 heterocycles. The molecule has 0 radical (unpaired) electrons. The van der Waals surface area contributed by atoms with Gasteiger partial charge in [-0.1, -0.05) is 59.2 Å². The predicted molar refractivity (Wildman–Crippen MR) is 124 cm³/mol. The summed E-state index contributed by atoms with van der Waals surface area (Å²) in [5, 5.41) is 13.5. The lowest BCUT2D eigenvalue weighted by Crippen LogP contribution is -2.04. The standard InChI is InChI=1S/C21H18Cl2N4OS2/c1-13-5-3-4-6-16(13)20-24-15(11-29-20)12-30-21-26-25-19(27(21)2)10-28-18-8-7-14(22)9-17(18)23/h3-9,11H,10,12H2,1-2H3. The fourth-order valence-corrected chi connectivity index (χ4v) is 5.08. The molecular formula is C21H18Cl2N4OS2. The van der Waals surface area contributed by atoms with Crippen molar-refractivity contribution in [3.63, 3.8) is 0 Å². The van der Waals surface area contributed by atoms with Crippen LogP contribution in [0.4, 0.5) is 0 Å². The van der Waals surface area contributed by atoms with Gasteiger partial charge in [0, 0.05) is 28.8 Å². The zero-order valence-electron chi connectivity index (χ0n) is 16.3. The molecule has 0 bridgehead atoms. The fraction of sp³-hybridized carbons (Fsp3) is 0.190. The number of aryl methyl sites for hydroxylation is 1. The van der Waals surface area contributed by atoms with Gasteiger partial charge in [0.25, 0.3) is 0 Å². The highest BCUT2D eigenvalue weighted by Crippen LogP contribution is 2.30. The van der Waals surface area contributed by atoms with Crippen molar-refractivity contribution in [2.75, 3.05) is 0 Å². The summed E-state index contributed by atoms with van der Waals surface area (Å²) >= 11 is 15.3. The van der Waals surface area contributed by atoms with E-state index in [9.17, 15) is 0 Å². The van der Waals surface area contributed by atoms with E-state index in [0.717, 1.165) is 21.6 Å².